The van der Waals surface area contributed by atoms with E-state index in [0.29, 0.717) is 12.6 Å². The SMILES string of the molecule is COc1cccc(OCc2ccc(CNC(C)C)s2)c1. The van der Waals surface area contributed by atoms with E-state index in [0.717, 1.165) is 18.0 Å². The summed E-state index contributed by atoms with van der Waals surface area (Å²) in [7, 11) is 1.66. The zero-order chi connectivity index (χ0) is 14.4. The van der Waals surface area contributed by atoms with Crippen LogP contribution in [-0.2, 0) is 13.2 Å². The van der Waals surface area contributed by atoms with E-state index in [9.17, 15) is 0 Å². The number of thiophene rings is 1. The van der Waals surface area contributed by atoms with Crippen molar-refractivity contribution >= 4 is 11.3 Å². The molecule has 3 nitrogen and oxygen atoms in total. The molecule has 0 saturated heterocycles. The Hall–Kier alpha value is -1.52. The molecule has 0 aliphatic carbocycles. The first kappa shape index (κ1) is 14.9. The summed E-state index contributed by atoms with van der Waals surface area (Å²) < 4.78 is 11.0. The first-order valence-corrected chi connectivity index (χ1v) is 7.57. The molecule has 0 aliphatic rings. The molecule has 0 fully saturated rings. The van der Waals surface area contributed by atoms with Gasteiger partial charge in [0.05, 0.1) is 7.11 Å². The lowest BCUT2D eigenvalue weighted by molar-refractivity contribution is 0.307. The Morgan fingerprint density at radius 2 is 1.85 bits per heavy atom. The highest BCUT2D eigenvalue weighted by molar-refractivity contribution is 7.11. The van der Waals surface area contributed by atoms with Gasteiger partial charge in [-0.05, 0) is 24.3 Å². The average molecular weight is 291 g/mol. The van der Waals surface area contributed by atoms with Gasteiger partial charge in [0.25, 0.3) is 0 Å². The highest BCUT2D eigenvalue weighted by Crippen LogP contribution is 2.22. The Morgan fingerprint density at radius 3 is 2.60 bits per heavy atom. The van der Waals surface area contributed by atoms with Gasteiger partial charge in [0.1, 0.15) is 18.1 Å². The van der Waals surface area contributed by atoms with Crippen LogP contribution in [0.25, 0.3) is 0 Å². The van der Waals surface area contributed by atoms with Crippen LogP contribution in [0.1, 0.15) is 23.6 Å². The maximum absolute atomic E-state index is 5.78. The molecule has 0 saturated carbocycles. The van der Waals surface area contributed by atoms with Crippen molar-refractivity contribution in [3.05, 3.63) is 46.2 Å². The molecule has 4 heteroatoms. The van der Waals surface area contributed by atoms with Crippen LogP contribution in [-0.4, -0.2) is 13.2 Å². The molecule has 1 aromatic heterocycles. The number of ether oxygens (including phenoxy) is 2. The van der Waals surface area contributed by atoms with E-state index >= 15 is 0 Å². The summed E-state index contributed by atoms with van der Waals surface area (Å²) in [6.07, 6.45) is 0. The molecule has 0 amide bonds. The first-order chi connectivity index (χ1) is 9.67. The predicted octanol–water partition coefficient (Wildman–Crippen LogP) is 3.83. The van der Waals surface area contributed by atoms with E-state index in [4.69, 9.17) is 9.47 Å². The van der Waals surface area contributed by atoms with Crippen LogP contribution in [0.3, 0.4) is 0 Å². The highest BCUT2D eigenvalue weighted by atomic mass is 32.1. The van der Waals surface area contributed by atoms with E-state index in [1.54, 1.807) is 18.4 Å². The monoisotopic (exact) mass is 291 g/mol. The molecule has 2 aromatic rings. The zero-order valence-corrected chi connectivity index (χ0v) is 13.0. The predicted molar refractivity (Wildman–Crippen MR) is 83.6 cm³/mol. The van der Waals surface area contributed by atoms with Gasteiger partial charge in [-0.1, -0.05) is 19.9 Å². The minimum absolute atomic E-state index is 0.508. The number of hydrogen-bond acceptors (Lipinski definition) is 4. The van der Waals surface area contributed by atoms with Crippen molar-refractivity contribution < 1.29 is 9.47 Å². The molecule has 1 aromatic carbocycles. The zero-order valence-electron chi connectivity index (χ0n) is 12.2. The quantitative estimate of drug-likeness (QED) is 0.841. The van der Waals surface area contributed by atoms with E-state index in [1.165, 1.54) is 9.75 Å². The molecule has 20 heavy (non-hydrogen) atoms. The second-order valence-corrected chi connectivity index (χ2v) is 6.12. The summed E-state index contributed by atoms with van der Waals surface area (Å²) >= 11 is 1.79. The molecule has 0 unspecified atom stereocenters. The van der Waals surface area contributed by atoms with Crippen molar-refractivity contribution in [3.8, 4) is 11.5 Å². The van der Waals surface area contributed by atoms with Crippen LogP contribution in [0.5, 0.6) is 11.5 Å². The maximum Gasteiger partial charge on any atom is 0.123 e. The minimum Gasteiger partial charge on any atom is -0.497 e. The summed E-state index contributed by atoms with van der Waals surface area (Å²) in [5.41, 5.74) is 0. The standard InChI is InChI=1S/C16H21NO2S/c1-12(2)17-10-15-7-8-16(20-15)11-19-14-6-4-5-13(9-14)18-3/h4-9,12,17H,10-11H2,1-3H3. The summed E-state index contributed by atoms with van der Waals surface area (Å²) in [4.78, 5) is 2.57. The topological polar surface area (TPSA) is 30.5 Å². The Morgan fingerprint density at radius 1 is 1.10 bits per heavy atom. The lowest BCUT2D eigenvalue weighted by Crippen LogP contribution is -2.21. The Kier molecular flexibility index (Phi) is 5.44. The normalized spacial score (nSPS) is 10.8. The second-order valence-electron chi connectivity index (χ2n) is 4.87. The molecular weight excluding hydrogens is 270 g/mol. The molecule has 0 spiro atoms. The minimum atomic E-state index is 0.508. The number of hydrogen-bond donors (Lipinski definition) is 1. The number of methoxy groups -OCH3 is 1. The van der Waals surface area contributed by atoms with E-state index < -0.39 is 0 Å². The van der Waals surface area contributed by atoms with Crippen LogP contribution >= 0.6 is 11.3 Å². The van der Waals surface area contributed by atoms with Gasteiger partial charge in [0.2, 0.25) is 0 Å². The van der Waals surface area contributed by atoms with Crippen LogP contribution in [0.4, 0.5) is 0 Å². The van der Waals surface area contributed by atoms with Gasteiger partial charge in [-0.15, -0.1) is 11.3 Å². The van der Waals surface area contributed by atoms with Crippen molar-refractivity contribution in [1.82, 2.24) is 5.32 Å². The van der Waals surface area contributed by atoms with Crippen molar-refractivity contribution in [2.75, 3.05) is 7.11 Å². The van der Waals surface area contributed by atoms with Gasteiger partial charge in [-0.25, -0.2) is 0 Å². The van der Waals surface area contributed by atoms with E-state index in [1.807, 2.05) is 24.3 Å². The smallest absolute Gasteiger partial charge is 0.123 e. The fraction of sp³-hybridized carbons (Fsp3) is 0.375. The molecular formula is C16H21NO2S. The van der Waals surface area contributed by atoms with Crippen LogP contribution < -0.4 is 14.8 Å². The first-order valence-electron chi connectivity index (χ1n) is 6.75. The fourth-order valence-electron chi connectivity index (χ4n) is 1.75. The van der Waals surface area contributed by atoms with E-state index in [-0.39, 0.29) is 0 Å². The van der Waals surface area contributed by atoms with Crippen molar-refractivity contribution in [3.63, 3.8) is 0 Å². The molecule has 0 radical (unpaired) electrons. The van der Waals surface area contributed by atoms with Crippen molar-refractivity contribution in [2.24, 2.45) is 0 Å². The van der Waals surface area contributed by atoms with Crippen LogP contribution in [0.2, 0.25) is 0 Å². The fourth-order valence-corrected chi connectivity index (χ4v) is 2.63. The molecule has 0 aliphatic heterocycles. The van der Waals surface area contributed by atoms with Gasteiger partial charge in [0, 0.05) is 28.4 Å². The highest BCUT2D eigenvalue weighted by Gasteiger charge is 2.03. The molecule has 1 N–H and O–H groups in total. The summed E-state index contributed by atoms with van der Waals surface area (Å²) in [5, 5.41) is 3.42. The molecule has 2 rings (SSSR count). The van der Waals surface area contributed by atoms with Crippen molar-refractivity contribution in [1.29, 1.82) is 0 Å². The van der Waals surface area contributed by atoms with Gasteiger partial charge in [-0.2, -0.15) is 0 Å². The average Bonchev–Trinajstić information content (AvgIpc) is 2.91. The summed E-state index contributed by atoms with van der Waals surface area (Å²) in [6, 6.07) is 12.5. The Balaban J connectivity index is 1.87. The maximum atomic E-state index is 5.78. The largest absolute Gasteiger partial charge is 0.497 e. The van der Waals surface area contributed by atoms with Gasteiger partial charge < -0.3 is 14.8 Å². The second kappa shape index (κ2) is 7.31. The lowest BCUT2D eigenvalue weighted by Gasteiger charge is -2.07. The Bertz CT molecular complexity index is 537. The molecule has 108 valence electrons. The number of benzene rings is 1. The summed E-state index contributed by atoms with van der Waals surface area (Å²) in [6.45, 7) is 5.82. The molecule has 1 heterocycles. The molecule has 0 bridgehead atoms. The third kappa shape index (κ3) is 4.54. The van der Waals surface area contributed by atoms with Gasteiger partial charge in [-0.3, -0.25) is 0 Å². The summed E-state index contributed by atoms with van der Waals surface area (Å²) in [5.74, 6) is 1.65. The van der Waals surface area contributed by atoms with Crippen LogP contribution in [0.15, 0.2) is 36.4 Å². The number of nitrogens with one attached hydrogen (secondary N) is 1. The third-order valence-corrected chi connectivity index (χ3v) is 3.88. The number of rotatable bonds is 7. The third-order valence-electron chi connectivity index (χ3n) is 2.82. The van der Waals surface area contributed by atoms with Gasteiger partial charge in [0.15, 0.2) is 0 Å². The van der Waals surface area contributed by atoms with E-state index in [2.05, 4.69) is 31.3 Å². The van der Waals surface area contributed by atoms with Crippen molar-refractivity contribution in [2.45, 2.75) is 33.0 Å². The van der Waals surface area contributed by atoms with Crippen LogP contribution in [0, 0.1) is 0 Å². The Labute approximate surface area is 124 Å². The molecule has 0 atom stereocenters. The van der Waals surface area contributed by atoms with Gasteiger partial charge >= 0.3 is 0 Å². The lowest BCUT2D eigenvalue weighted by atomic mass is 10.3.